The Kier molecular flexibility index (Phi) is 6.51. The maximum atomic E-state index is 10.4. The third kappa shape index (κ3) is 4.95. The van der Waals surface area contributed by atoms with Crippen LogP contribution in [0, 0.1) is 0 Å². The molecule has 1 heterocycles. The molecule has 1 rings (SSSR count). The Morgan fingerprint density at radius 2 is 2.31 bits per heavy atom. The molecule has 0 amide bonds. The van der Waals surface area contributed by atoms with Crippen LogP contribution in [0.15, 0.2) is 18.0 Å². The van der Waals surface area contributed by atoms with Gasteiger partial charge in [-0.2, -0.15) is 0 Å². The molecule has 0 aromatic heterocycles. The molecular formula is C9H13NO3. The van der Waals surface area contributed by atoms with Crippen LogP contribution in [0.2, 0.25) is 0 Å². The van der Waals surface area contributed by atoms with Crippen LogP contribution in [-0.2, 0) is 9.59 Å². The number of allylic oxidation sites excluding steroid dienone is 1. The van der Waals surface area contributed by atoms with Gasteiger partial charge >= 0.3 is 0 Å². The molecule has 0 saturated carbocycles. The molecule has 1 aliphatic rings. The summed E-state index contributed by atoms with van der Waals surface area (Å²) in [5.74, 6) is 1.15. The standard InChI is InChI=1S/C5H3NO2.C4H10O/c7-3-4-5(8)1-2-6-4;1-2-3-4-5/h1-2,6H;5H,2-4H2,1H3. The zero-order chi connectivity index (χ0) is 10.1. The summed E-state index contributed by atoms with van der Waals surface area (Å²) in [4.78, 5) is 20.1. The zero-order valence-electron chi connectivity index (χ0n) is 7.54. The van der Waals surface area contributed by atoms with Crippen molar-refractivity contribution in [2.24, 2.45) is 0 Å². The van der Waals surface area contributed by atoms with E-state index in [1.54, 1.807) is 0 Å². The van der Waals surface area contributed by atoms with Gasteiger partial charge in [-0.05, 0) is 6.42 Å². The number of aliphatic hydroxyl groups is 1. The smallest absolute Gasteiger partial charge is 0.214 e. The van der Waals surface area contributed by atoms with E-state index in [2.05, 4.69) is 12.2 Å². The Labute approximate surface area is 76.9 Å². The minimum Gasteiger partial charge on any atom is -0.396 e. The highest BCUT2D eigenvalue weighted by Gasteiger charge is 2.09. The van der Waals surface area contributed by atoms with Crippen LogP contribution in [0.25, 0.3) is 0 Å². The number of hydrogen-bond acceptors (Lipinski definition) is 4. The fraction of sp³-hybridized carbons (Fsp3) is 0.444. The molecule has 0 fully saturated rings. The molecular weight excluding hydrogens is 170 g/mol. The van der Waals surface area contributed by atoms with Crippen molar-refractivity contribution in [1.29, 1.82) is 0 Å². The number of nitrogens with one attached hydrogen (secondary N) is 1. The van der Waals surface area contributed by atoms with Gasteiger partial charge in [-0.15, -0.1) is 0 Å². The van der Waals surface area contributed by atoms with Gasteiger partial charge in [-0.3, -0.25) is 4.79 Å². The van der Waals surface area contributed by atoms with Crippen molar-refractivity contribution in [3.05, 3.63) is 18.0 Å². The lowest BCUT2D eigenvalue weighted by Gasteiger charge is -1.82. The van der Waals surface area contributed by atoms with Gasteiger partial charge in [0.05, 0.1) is 0 Å². The van der Waals surface area contributed by atoms with Gasteiger partial charge in [-0.1, -0.05) is 13.3 Å². The lowest BCUT2D eigenvalue weighted by molar-refractivity contribution is -0.111. The average molecular weight is 183 g/mol. The summed E-state index contributed by atoms with van der Waals surface area (Å²) in [5, 5.41) is 10.5. The van der Waals surface area contributed by atoms with E-state index in [9.17, 15) is 9.59 Å². The van der Waals surface area contributed by atoms with E-state index >= 15 is 0 Å². The molecule has 0 aromatic rings. The van der Waals surface area contributed by atoms with E-state index < -0.39 is 0 Å². The molecule has 0 spiro atoms. The summed E-state index contributed by atoms with van der Waals surface area (Å²) in [5.41, 5.74) is -0.00926. The molecule has 72 valence electrons. The topological polar surface area (TPSA) is 66.4 Å². The number of aliphatic hydroxyl groups excluding tert-OH is 1. The number of hydrogen-bond donors (Lipinski definition) is 2. The summed E-state index contributed by atoms with van der Waals surface area (Å²) in [6.07, 6.45) is 4.72. The van der Waals surface area contributed by atoms with Crippen LogP contribution in [-0.4, -0.2) is 23.4 Å². The molecule has 0 saturated heterocycles. The number of carbonyl (C=O) groups excluding carboxylic acids is 2. The van der Waals surface area contributed by atoms with Gasteiger partial charge in [0.25, 0.3) is 0 Å². The summed E-state index contributed by atoms with van der Waals surface area (Å²) >= 11 is 0. The van der Waals surface area contributed by atoms with Crippen molar-refractivity contribution >= 4 is 11.7 Å². The highest BCUT2D eigenvalue weighted by molar-refractivity contribution is 6.10. The Balaban J connectivity index is 0.000000252. The molecule has 0 aromatic carbocycles. The van der Waals surface area contributed by atoms with Crippen LogP contribution >= 0.6 is 0 Å². The fourth-order valence-electron chi connectivity index (χ4n) is 0.593. The summed E-state index contributed by atoms with van der Waals surface area (Å²) in [7, 11) is 0. The van der Waals surface area contributed by atoms with Crippen molar-refractivity contribution in [2.45, 2.75) is 19.8 Å². The highest BCUT2D eigenvalue weighted by Crippen LogP contribution is 1.94. The van der Waals surface area contributed by atoms with Gasteiger partial charge in [0.15, 0.2) is 11.6 Å². The van der Waals surface area contributed by atoms with E-state index in [0.29, 0.717) is 6.61 Å². The van der Waals surface area contributed by atoms with E-state index in [-0.39, 0.29) is 11.5 Å². The van der Waals surface area contributed by atoms with E-state index in [0.717, 1.165) is 12.8 Å². The van der Waals surface area contributed by atoms with Crippen LogP contribution < -0.4 is 5.32 Å². The Hall–Kier alpha value is -1.38. The number of ketones is 1. The first-order chi connectivity index (χ1) is 6.26. The number of rotatable bonds is 2. The largest absolute Gasteiger partial charge is 0.396 e. The van der Waals surface area contributed by atoms with Gasteiger partial charge in [0, 0.05) is 18.9 Å². The van der Waals surface area contributed by atoms with Crippen molar-refractivity contribution in [2.75, 3.05) is 6.61 Å². The highest BCUT2D eigenvalue weighted by atomic mass is 16.2. The minimum atomic E-state index is -0.306. The Bertz CT molecular complexity index is 237. The van der Waals surface area contributed by atoms with Crippen molar-refractivity contribution in [1.82, 2.24) is 5.32 Å². The monoisotopic (exact) mass is 183 g/mol. The van der Waals surface area contributed by atoms with Gasteiger partial charge in [0.1, 0.15) is 0 Å². The third-order valence-corrected chi connectivity index (χ3v) is 1.32. The molecule has 0 bridgehead atoms. The predicted molar refractivity (Wildman–Crippen MR) is 48.5 cm³/mol. The Morgan fingerprint density at radius 1 is 1.62 bits per heavy atom. The third-order valence-electron chi connectivity index (χ3n) is 1.32. The SMILES string of the molecule is CCCCO.O=C=C1NC=CC1=O. The lowest BCUT2D eigenvalue weighted by atomic mass is 10.4. The van der Waals surface area contributed by atoms with Gasteiger partial charge in [-0.25, -0.2) is 4.79 Å². The summed E-state index contributed by atoms with van der Waals surface area (Å²) in [6.45, 7) is 2.40. The molecule has 0 unspecified atom stereocenters. The van der Waals surface area contributed by atoms with E-state index in [1.165, 1.54) is 18.2 Å². The first-order valence-electron chi connectivity index (χ1n) is 4.09. The molecule has 13 heavy (non-hydrogen) atoms. The molecule has 1 aliphatic heterocycles. The van der Waals surface area contributed by atoms with E-state index in [4.69, 9.17) is 5.11 Å². The second kappa shape index (κ2) is 7.28. The van der Waals surface area contributed by atoms with Crippen LogP contribution in [0.3, 0.4) is 0 Å². The second-order valence-corrected chi connectivity index (χ2v) is 2.40. The normalized spacial score (nSPS) is 13.1. The maximum absolute atomic E-state index is 10.4. The van der Waals surface area contributed by atoms with E-state index in [1.807, 2.05) is 0 Å². The number of unbranched alkanes of at least 4 members (excludes halogenated alkanes) is 1. The molecule has 0 radical (unpaired) electrons. The maximum Gasteiger partial charge on any atom is 0.214 e. The van der Waals surface area contributed by atoms with Crippen LogP contribution in [0.5, 0.6) is 0 Å². The lowest BCUT2D eigenvalue weighted by Crippen LogP contribution is -2.05. The summed E-state index contributed by atoms with van der Waals surface area (Å²) < 4.78 is 0. The second-order valence-electron chi connectivity index (χ2n) is 2.40. The van der Waals surface area contributed by atoms with Gasteiger partial charge in [0.2, 0.25) is 5.78 Å². The average Bonchev–Trinajstić information content (AvgIpc) is 2.53. The van der Waals surface area contributed by atoms with Crippen LogP contribution in [0.1, 0.15) is 19.8 Å². The first-order valence-corrected chi connectivity index (χ1v) is 4.09. The van der Waals surface area contributed by atoms with Crippen molar-refractivity contribution < 1.29 is 14.7 Å². The molecule has 4 heteroatoms. The molecule has 0 atom stereocenters. The summed E-state index contributed by atoms with van der Waals surface area (Å²) in [6, 6.07) is 0. The quantitative estimate of drug-likeness (QED) is 0.473. The fourth-order valence-corrected chi connectivity index (χ4v) is 0.593. The van der Waals surface area contributed by atoms with Gasteiger partial charge < -0.3 is 10.4 Å². The predicted octanol–water partition coefficient (Wildman–Crippen LogP) is 0.167. The Morgan fingerprint density at radius 3 is 2.46 bits per heavy atom. The first kappa shape index (κ1) is 11.6. The van der Waals surface area contributed by atoms with Crippen LogP contribution in [0.4, 0.5) is 0 Å². The minimum absolute atomic E-state index is 0.00926. The molecule has 0 aliphatic carbocycles. The zero-order valence-corrected chi connectivity index (χ0v) is 7.54. The van der Waals surface area contributed by atoms with Crippen molar-refractivity contribution in [3.63, 3.8) is 0 Å². The van der Waals surface area contributed by atoms with Crippen molar-refractivity contribution in [3.8, 4) is 0 Å². The molecule has 4 nitrogen and oxygen atoms in total. The molecule has 2 N–H and O–H groups in total. The number of carbonyl (C=O) groups is 1.